The molecule has 0 fully saturated rings. The van der Waals surface area contributed by atoms with Gasteiger partial charge in [0.25, 0.3) is 0 Å². The SMILES string of the molecule is C/C=C/CCc1ccc2cc(C#Cc3ccc(-c4ccc(CCCCC)cc4)cc3)ccc2c1F. The molecular formula is C34H33F. The van der Waals surface area contributed by atoms with Gasteiger partial charge in [-0.1, -0.05) is 98.4 Å². The number of hydrogen-bond donors (Lipinski definition) is 0. The molecule has 0 amide bonds. The molecule has 0 aliphatic heterocycles. The first kappa shape index (κ1) is 24.5. The molecule has 0 radical (unpaired) electrons. The lowest BCUT2D eigenvalue weighted by Gasteiger charge is -2.06. The number of fused-ring (bicyclic) bond motifs is 1. The Labute approximate surface area is 209 Å². The minimum absolute atomic E-state index is 0.115. The zero-order valence-corrected chi connectivity index (χ0v) is 20.8. The van der Waals surface area contributed by atoms with E-state index in [4.69, 9.17) is 0 Å². The Morgan fingerprint density at radius 1 is 0.743 bits per heavy atom. The van der Waals surface area contributed by atoms with Crippen molar-refractivity contribution in [2.45, 2.75) is 52.4 Å². The number of aryl methyl sites for hydroxylation is 2. The van der Waals surface area contributed by atoms with Crippen molar-refractivity contribution >= 4 is 10.8 Å². The van der Waals surface area contributed by atoms with Crippen molar-refractivity contribution < 1.29 is 4.39 Å². The van der Waals surface area contributed by atoms with Crippen LogP contribution < -0.4 is 0 Å². The second-order valence-electron chi connectivity index (χ2n) is 9.06. The van der Waals surface area contributed by atoms with Crippen molar-refractivity contribution in [3.63, 3.8) is 0 Å². The molecule has 4 aromatic rings. The summed E-state index contributed by atoms with van der Waals surface area (Å²) in [6.45, 7) is 4.23. The quantitative estimate of drug-likeness (QED) is 0.140. The van der Waals surface area contributed by atoms with Crippen molar-refractivity contribution in [2.75, 3.05) is 0 Å². The van der Waals surface area contributed by atoms with E-state index in [9.17, 15) is 4.39 Å². The van der Waals surface area contributed by atoms with Gasteiger partial charge in [-0.05, 0) is 84.5 Å². The van der Waals surface area contributed by atoms with E-state index < -0.39 is 0 Å². The molecule has 0 aliphatic carbocycles. The molecule has 0 aliphatic rings. The molecule has 4 aromatic carbocycles. The predicted octanol–water partition coefficient (Wildman–Crippen LogP) is 9.29. The number of halogens is 1. The van der Waals surface area contributed by atoms with Gasteiger partial charge in [0.05, 0.1) is 0 Å². The first-order valence-corrected chi connectivity index (χ1v) is 12.7. The highest BCUT2D eigenvalue weighted by molar-refractivity contribution is 5.85. The molecular weight excluding hydrogens is 427 g/mol. The maximum atomic E-state index is 14.9. The summed E-state index contributed by atoms with van der Waals surface area (Å²) in [7, 11) is 0. The Bertz CT molecular complexity index is 1350. The summed E-state index contributed by atoms with van der Waals surface area (Å²) in [5.74, 6) is 6.37. The fourth-order valence-corrected chi connectivity index (χ4v) is 4.35. The summed E-state index contributed by atoms with van der Waals surface area (Å²) in [6.07, 6.45) is 10.6. The van der Waals surface area contributed by atoms with Gasteiger partial charge in [0.1, 0.15) is 5.82 Å². The van der Waals surface area contributed by atoms with Crippen LogP contribution in [-0.4, -0.2) is 0 Å². The molecule has 176 valence electrons. The Morgan fingerprint density at radius 2 is 1.43 bits per heavy atom. The van der Waals surface area contributed by atoms with Crippen LogP contribution in [0.2, 0.25) is 0 Å². The van der Waals surface area contributed by atoms with Crippen LogP contribution in [0.1, 0.15) is 61.8 Å². The molecule has 0 nitrogen and oxygen atoms in total. The lowest BCUT2D eigenvalue weighted by atomic mass is 10.00. The van der Waals surface area contributed by atoms with E-state index in [0.717, 1.165) is 34.9 Å². The van der Waals surface area contributed by atoms with Crippen molar-refractivity contribution in [3.05, 3.63) is 119 Å². The van der Waals surface area contributed by atoms with Gasteiger partial charge in [-0.3, -0.25) is 0 Å². The summed E-state index contributed by atoms with van der Waals surface area (Å²) >= 11 is 0. The minimum atomic E-state index is -0.115. The first-order valence-electron chi connectivity index (χ1n) is 12.7. The van der Waals surface area contributed by atoms with Crippen LogP contribution in [-0.2, 0) is 12.8 Å². The van der Waals surface area contributed by atoms with Gasteiger partial charge >= 0.3 is 0 Å². The molecule has 4 rings (SSSR count). The van der Waals surface area contributed by atoms with Crippen LogP contribution in [0.5, 0.6) is 0 Å². The van der Waals surface area contributed by atoms with E-state index in [1.807, 2.05) is 43.3 Å². The summed E-state index contributed by atoms with van der Waals surface area (Å²) in [4.78, 5) is 0. The van der Waals surface area contributed by atoms with Crippen molar-refractivity contribution in [2.24, 2.45) is 0 Å². The van der Waals surface area contributed by atoms with E-state index in [1.165, 1.54) is 36.0 Å². The molecule has 0 atom stereocenters. The van der Waals surface area contributed by atoms with Crippen LogP contribution in [0.15, 0.2) is 91.0 Å². The van der Waals surface area contributed by atoms with E-state index >= 15 is 0 Å². The molecule has 0 spiro atoms. The number of benzene rings is 4. The van der Waals surface area contributed by atoms with Gasteiger partial charge < -0.3 is 0 Å². The van der Waals surface area contributed by atoms with Crippen LogP contribution >= 0.6 is 0 Å². The Morgan fingerprint density at radius 3 is 2.14 bits per heavy atom. The monoisotopic (exact) mass is 460 g/mol. The maximum Gasteiger partial charge on any atom is 0.134 e. The largest absolute Gasteiger partial charge is 0.206 e. The number of unbranched alkanes of at least 4 members (excludes halogenated alkanes) is 2. The molecule has 0 aromatic heterocycles. The normalized spacial score (nSPS) is 11.1. The van der Waals surface area contributed by atoms with Gasteiger partial charge in [-0.2, -0.15) is 0 Å². The minimum Gasteiger partial charge on any atom is -0.206 e. The average molecular weight is 461 g/mol. The fraction of sp³-hybridized carbons (Fsp3) is 0.235. The molecule has 35 heavy (non-hydrogen) atoms. The molecule has 0 saturated carbocycles. The molecule has 0 bridgehead atoms. The standard InChI is InChI=1S/C34H33F/c1-3-5-7-9-26-13-18-29(19-14-26)30-20-15-27(16-21-30)11-12-28-17-24-33-32(25-28)23-22-31(34(33)35)10-8-6-4-2/h4,6,13-25H,3,5,7-10H2,1-2H3/b6-4+. The third-order valence-electron chi connectivity index (χ3n) is 6.44. The van der Waals surface area contributed by atoms with Crippen LogP contribution in [0, 0.1) is 17.7 Å². The molecule has 0 heterocycles. The Kier molecular flexibility index (Phi) is 8.53. The predicted molar refractivity (Wildman–Crippen MR) is 148 cm³/mol. The number of rotatable bonds is 8. The highest BCUT2D eigenvalue weighted by atomic mass is 19.1. The molecule has 0 N–H and O–H groups in total. The zero-order valence-electron chi connectivity index (χ0n) is 20.8. The molecule has 0 saturated heterocycles. The second-order valence-corrected chi connectivity index (χ2v) is 9.06. The van der Waals surface area contributed by atoms with Crippen molar-refractivity contribution in [1.82, 2.24) is 0 Å². The van der Waals surface area contributed by atoms with E-state index in [1.54, 1.807) is 0 Å². The van der Waals surface area contributed by atoms with Crippen molar-refractivity contribution in [3.8, 4) is 23.0 Å². The summed E-state index contributed by atoms with van der Waals surface area (Å²) in [6, 6.07) is 26.9. The number of allylic oxidation sites excluding steroid dienone is 2. The summed E-state index contributed by atoms with van der Waals surface area (Å²) in [5.41, 5.74) is 6.45. The van der Waals surface area contributed by atoms with Crippen LogP contribution in [0.3, 0.4) is 0 Å². The van der Waals surface area contributed by atoms with Crippen LogP contribution in [0.4, 0.5) is 4.39 Å². The maximum absolute atomic E-state index is 14.9. The number of hydrogen-bond acceptors (Lipinski definition) is 0. The third-order valence-corrected chi connectivity index (χ3v) is 6.44. The third kappa shape index (κ3) is 6.49. The lowest BCUT2D eigenvalue weighted by molar-refractivity contribution is 0.621. The van der Waals surface area contributed by atoms with E-state index in [2.05, 4.69) is 73.4 Å². The highest BCUT2D eigenvalue weighted by Gasteiger charge is 2.07. The second kappa shape index (κ2) is 12.2. The molecule has 0 unspecified atom stereocenters. The fourth-order valence-electron chi connectivity index (χ4n) is 4.35. The van der Waals surface area contributed by atoms with Gasteiger partial charge in [-0.25, -0.2) is 4.39 Å². The van der Waals surface area contributed by atoms with Crippen molar-refractivity contribution in [1.29, 1.82) is 0 Å². The smallest absolute Gasteiger partial charge is 0.134 e. The highest BCUT2D eigenvalue weighted by Crippen LogP contribution is 2.24. The zero-order chi connectivity index (χ0) is 24.5. The Balaban J connectivity index is 1.45. The first-order chi connectivity index (χ1) is 17.2. The lowest BCUT2D eigenvalue weighted by Crippen LogP contribution is -1.92. The summed E-state index contributed by atoms with van der Waals surface area (Å²) < 4.78 is 14.9. The van der Waals surface area contributed by atoms with Crippen LogP contribution in [0.25, 0.3) is 21.9 Å². The topological polar surface area (TPSA) is 0 Å². The van der Waals surface area contributed by atoms with Gasteiger partial charge in [0, 0.05) is 16.5 Å². The van der Waals surface area contributed by atoms with Gasteiger partial charge in [0.2, 0.25) is 0 Å². The van der Waals surface area contributed by atoms with Gasteiger partial charge in [0.15, 0.2) is 0 Å². The molecule has 1 heteroatoms. The van der Waals surface area contributed by atoms with E-state index in [0.29, 0.717) is 11.8 Å². The average Bonchev–Trinajstić information content (AvgIpc) is 2.90. The van der Waals surface area contributed by atoms with Gasteiger partial charge in [-0.15, -0.1) is 0 Å². The Hall–Kier alpha value is -3.63. The van der Waals surface area contributed by atoms with E-state index in [-0.39, 0.29) is 5.82 Å². The summed E-state index contributed by atoms with van der Waals surface area (Å²) in [5, 5.41) is 1.55.